The molecule has 2 heterocycles. The predicted molar refractivity (Wildman–Crippen MR) is 102 cm³/mol. The third-order valence-electron chi connectivity index (χ3n) is 4.88. The lowest BCUT2D eigenvalue weighted by Crippen LogP contribution is -2.55. The number of sulfonamides is 1. The van der Waals surface area contributed by atoms with Crippen molar-refractivity contribution in [1.29, 1.82) is 0 Å². The molecule has 0 bridgehead atoms. The van der Waals surface area contributed by atoms with Gasteiger partial charge in [-0.05, 0) is 25.0 Å². The summed E-state index contributed by atoms with van der Waals surface area (Å²) >= 11 is 5.70. The van der Waals surface area contributed by atoms with Gasteiger partial charge in [-0.3, -0.25) is 0 Å². The first-order valence-corrected chi connectivity index (χ1v) is 12.4. The molecule has 0 saturated carbocycles. The fraction of sp³-hybridized carbons (Fsp3) is 0.562. The molecule has 0 spiro atoms. The first-order chi connectivity index (χ1) is 13.1. The molecule has 1 aromatic carbocycles. The molecule has 1 N–H and O–H groups in total. The Kier molecular flexibility index (Phi) is 6.18. The van der Waals surface area contributed by atoms with Gasteiger partial charge in [0.1, 0.15) is 4.90 Å². The van der Waals surface area contributed by atoms with Crippen LogP contribution in [0.3, 0.4) is 0 Å². The van der Waals surface area contributed by atoms with Crippen molar-refractivity contribution in [2.45, 2.75) is 23.8 Å². The maximum Gasteiger partial charge on any atom is 0.317 e. The molecule has 1 aromatic rings. The average Bonchev–Trinajstić information content (AvgIpc) is 2.64. The van der Waals surface area contributed by atoms with E-state index in [1.807, 2.05) is 0 Å². The van der Waals surface area contributed by atoms with Gasteiger partial charge in [0.05, 0.1) is 16.5 Å². The first-order valence-electron chi connectivity index (χ1n) is 8.80. The van der Waals surface area contributed by atoms with Gasteiger partial charge in [-0.2, -0.15) is 4.31 Å². The molecule has 156 valence electrons. The van der Waals surface area contributed by atoms with Crippen molar-refractivity contribution < 1.29 is 26.0 Å². The Hall–Kier alpha value is -1.43. The Labute approximate surface area is 168 Å². The summed E-state index contributed by atoms with van der Waals surface area (Å²) in [5, 5.41) is 2.49. The van der Waals surface area contributed by atoms with Crippen LogP contribution in [-0.2, 0) is 19.9 Å². The van der Waals surface area contributed by atoms with E-state index in [-0.39, 0.29) is 42.7 Å². The second-order valence-corrected chi connectivity index (χ2v) is 11.5. The van der Waals surface area contributed by atoms with E-state index in [0.29, 0.717) is 12.8 Å². The van der Waals surface area contributed by atoms with E-state index in [4.69, 9.17) is 11.6 Å². The van der Waals surface area contributed by atoms with Gasteiger partial charge in [0.2, 0.25) is 10.0 Å². The Morgan fingerprint density at radius 3 is 2.57 bits per heavy atom. The van der Waals surface area contributed by atoms with Crippen molar-refractivity contribution in [3.63, 3.8) is 0 Å². The SMILES string of the molecule is O=C(NC1CCCN(S(=O)(=O)c2cccc(Cl)c2F)C1)N1CCS(=O)(=O)CC1. The highest BCUT2D eigenvalue weighted by Crippen LogP contribution is 2.26. The summed E-state index contributed by atoms with van der Waals surface area (Å²) in [6.07, 6.45) is 1.07. The van der Waals surface area contributed by atoms with Crippen LogP contribution in [0.25, 0.3) is 0 Å². The van der Waals surface area contributed by atoms with Crippen LogP contribution in [-0.4, -0.2) is 75.8 Å². The number of rotatable bonds is 3. The van der Waals surface area contributed by atoms with Gasteiger partial charge in [0.15, 0.2) is 15.7 Å². The minimum absolute atomic E-state index is 0.00612. The molecule has 0 aliphatic carbocycles. The Balaban J connectivity index is 1.67. The number of benzene rings is 1. The molecule has 2 aliphatic rings. The molecule has 2 aliphatic heterocycles. The maximum atomic E-state index is 14.2. The number of piperidine rings is 1. The van der Waals surface area contributed by atoms with Gasteiger partial charge in [-0.25, -0.2) is 26.0 Å². The van der Waals surface area contributed by atoms with Crippen molar-refractivity contribution in [1.82, 2.24) is 14.5 Å². The van der Waals surface area contributed by atoms with Crippen LogP contribution in [0.5, 0.6) is 0 Å². The minimum Gasteiger partial charge on any atom is -0.334 e. The Morgan fingerprint density at radius 2 is 1.89 bits per heavy atom. The molecule has 28 heavy (non-hydrogen) atoms. The standard InChI is InChI=1S/C16H21ClFN3O5S2/c17-13-4-1-5-14(15(13)18)28(25,26)21-6-2-3-12(11-21)19-16(22)20-7-9-27(23,24)10-8-20/h1,4-5,12H,2-3,6-11H2,(H,19,22). The molecule has 2 fully saturated rings. The average molecular weight is 454 g/mol. The second kappa shape index (κ2) is 8.13. The normalized spacial score (nSPS) is 23.4. The molecule has 3 rings (SSSR count). The van der Waals surface area contributed by atoms with Crippen molar-refractivity contribution in [2.24, 2.45) is 0 Å². The van der Waals surface area contributed by atoms with Crippen LogP contribution in [0.15, 0.2) is 23.1 Å². The molecule has 2 amide bonds. The van der Waals surface area contributed by atoms with Gasteiger partial charge >= 0.3 is 6.03 Å². The lowest BCUT2D eigenvalue weighted by atomic mass is 10.1. The summed E-state index contributed by atoms with van der Waals surface area (Å²) in [6.45, 7) is 0.433. The zero-order valence-electron chi connectivity index (χ0n) is 15.0. The smallest absolute Gasteiger partial charge is 0.317 e. The number of hydrogen-bond donors (Lipinski definition) is 1. The predicted octanol–water partition coefficient (Wildman–Crippen LogP) is 1.07. The summed E-state index contributed by atoms with van der Waals surface area (Å²) in [6, 6.07) is 2.93. The van der Waals surface area contributed by atoms with Crippen molar-refractivity contribution in [3.8, 4) is 0 Å². The van der Waals surface area contributed by atoms with E-state index in [9.17, 15) is 26.0 Å². The number of carbonyl (C=O) groups is 1. The molecule has 1 atom stereocenters. The van der Waals surface area contributed by atoms with E-state index in [1.165, 1.54) is 17.0 Å². The topological polar surface area (TPSA) is 104 Å². The summed E-state index contributed by atoms with van der Waals surface area (Å²) < 4.78 is 63.9. The van der Waals surface area contributed by atoms with E-state index in [1.54, 1.807) is 0 Å². The zero-order valence-corrected chi connectivity index (χ0v) is 17.4. The monoisotopic (exact) mass is 453 g/mol. The van der Waals surface area contributed by atoms with Crippen LogP contribution < -0.4 is 5.32 Å². The number of sulfone groups is 1. The number of hydrogen-bond acceptors (Lipinski definition) is 5. The quantitative estimate of drug-likeness (QED) is 0.737. The van der Waals surface area contributed by atoms with Gasteiger partial charge < -0.3 is 10.2 Å². The zero-order chi connectivity index (χ0) is 20.5. The van der Waals surface area contributed by atoms with Crippen LogP contribution in [0.1, 0.15) is 12.8 Å². The highest BCUT2D eigenvalue weighted by molar-refractivity contribution is 7.91. The van der Waals surface area contributed by atoms with Crippen molar-refractivity contribution >= 4 is 37.5 Å². The highest BCUT2D eigenvalue weighted by atomic mass is 35.5. The maximum absolute atomic E-state index is 14.2. The first kappa shape index (κ1) is 21.3. The largest absolute Gasteiger partial charge is 0.334 e. The van der Waals surface area contributed by atoms with E-state index >= 15 is 0 Å². The molecule has 8 nitrogen and oxygen atoms in total. The van der Waals surface area contributed by atoms with E-state index < -0.39 is 42.6 Å². The summed E-state index contributed by atoms with van der Waals surface area (Å²) in [7, 11) is -7.20. The summed E-state index contributed by atoms with van der Waals surface area (Å²) in [4.78, 5) is 13.3. The molecular formula is C16H21ClFN3O5S2. The summed E-state index contributed by atoms with van der Waals surface area (Å²) in [5.74, 6) is -1.16. The van der Waals surface area contributed by atoms with Crippen LogP contribution in [0, 0.1) is 5.82 Å². The number of urea groups is 1. The lowest BCUT2D eigenvalue weighted by molar-refractivity contribution is 0.190. The second-order valence-electron chi connectivity index (χ2n) is 6.84. The van der Waals surface area contributed by atoms with Crippen LogP contribution in [0.4, 0.5) is 9.18 Å². The Bertz CT molecular complexity index is 956. The van der Waals surface area contributed by atoms with Gasteiger partial charge in [-0.1, -0.05) is 17.7 Å². The fourth-order valence-electron chi connectivity index (χ4n) is 3.28. The third-order valence-corrected chi connectivity index (χ3v) is 8.66. The van der Waals surface area contributed by atoms with Gasteiger partial charge in [0, 0.05) is 32.2 Å². The molecule has 1 unspecified atom stereocenters. The molecule has 0 radical (unpaired) electrons. The highest BCUT2D eigenvalue weighted by Gasteiger charge is 2.34. The number of nitrogens with zero attached hydrogens (tertiary/aromatic N) is 2. The molecule has 0 aromatic heterocycles. The lowest BCUT2D eigenvalue weighted by Gasteiger charge is -2.34. The van der Waals surface area contributed by atoms with E-state index in [2.05, 4.69) is 5.32 Å². The van der Waals surface area contributed by atoms with Crippen LogP contribution >= 0.6 is 11.6 Å². The number of nitrogens with one attached hydrogen (secondary N) is 1. The van der Waals surface area contributed by atoms with E-state index in [0.717, 1.165) is 10.4 Å². The number of carbonyl (C=O) groups excluding carboxylic acids is 1. The molecular weight excluding hydrogens is 433 g/mol. The molecule has 12 heteroatoms. The summed E-state index contributed by atoms with van der Waals surface area (Å²) in [5.41, 5.74) is 0. The fourth-order valence-corrected chi connectivity index (χ4v) is 6.32. The molecule has 2 saturated heterocycles. The third kappa shape index (κ3) is 4.58. The minimum atomic E-state index is -4.09. The van der Waals surface area contributed by atoms with Crippen molar-refractivity contribution in [3.05, 3.63) is 29.0 Å². The Morgan fingerprint density at radius 1 is 1.21 bits per heavy atom. The van der Waals surface area contributed by atoms with Crippen molar-refractivity contribution in [2.75, 3.05) is 37.7 Å². The number of halogens is 2. The van der Waals surface area contributed by atoms with Gasteiger partial charge in [0.25, 0.3) is 0 Å². The van der Waals surface area contributed by atoms with Gasteiger partial charge in [-0.15, -0.1) is 0 Å². The number of amides is 2. The van der Waals surface area contributed by atoms with Crippen LogP contribution in [0.2, 0.25) is 5.02 Å².